The number of hydrogen-bond donors (Lipinski definition) is 4. The van der Waals surface area contributed by atoms with E-state index in [9.17, 15) is 20.1 Å². The third kappa shape index (κ3) is 9.85. The van der Waals surface area contributed by atoms with Gasteiger partial charge in [0.1, 0.15) is 24.9 Å². The Kier molecular flexibility index (Phi) is 11.9. The molecule has 0 spiro atoms. The molecule has 0 radical (unpaired) electrons. The molecule has 0 amide bonds. The zero-order valence-electron chi connectivity index (χ0n) is 17.4. The van der Waals surface area contributed by atoms with Crippen LogP contribution in [0.25, 0.3) is 0 Å². The fraction of sp³-hybridized carbons (Fsp3) is 0.950. The van der Waals surface area contributed by atoms with Crippen molar-refractivity contribution in [2.45, 2.75) is 115 Å². The van der Waals surface area contributed by atoms with Gasteiger partial charge in [0, 0.05) is 7.79 Å². The molecular weight excluding hydrogens is 350 g/mol. The summed E-state index contributed by atoms with van der Waals surface area (Å²) in [4.78, 5) is 11.8. The van der Waals surface area contributed by atoms with Crippen LogP contribution in [-0.2, 0) is 14.3 Å². The first-order valence-corrected chi connectivity index (χ1v) is 10.4. The number of unbranched alkanes of at least 4 members (excludes halogenated alkanes) is 10. The minimum absolute atomic E-state index is 0.220. The second-order valence-corrected chi connectivity index (χ2v) is 7.45. The van der Waals surface area contributed by atoms with Gasteiger partial charge >= 0.3 is 5.97 Å². The Bertz CT molecular complexity index is 414. The number of carbonyl (C=O) groups is 1. The quantitative estimate of drug-likeness (QED) is 0.264. The van der Waals surface area contributed by atoms with Crippen LogP contribution in [0.1, 0.15) is 85.3 Å². The van der Waals surface area contributed by atoms with E-state index >= 15 is 0 Å². The van der Waals surface area contributed by atoms with E-state index in [1.165, 1.54) is 44.9 Å². The zero-order chi connectivity index (χ0) is 20.8. The van der Waals surface area contributed by atoms with Crippen molar-refractivity contribution < 1.29 is 31.0 Å². The van der Waals surface area contributed by atoms with Gasteiger partial charge in [-0.25, -0.2) is 0 Å². The highest BCUT2D eigenvalue weighted by Crippen LogP contribution is 2.19. The molecule has 0 aromatic carbocycles. The van der Waals surface area contributed by atoms with Crippen molar-refractivity contribution >= 4 is 5.97 Å². The van der Waals surface area contributed by atoms with Crippen molar-refractivity contribution in [1.29, 1.82) is 0 Å². The van der Waals surface area contributed by atoms with Crippen LogP contribution in [0.5, 0.6) is 0 Å². The van der Waals surface area contributed by atoms with E-state index in [0.717, 1.165) is 25.7 Å². The molecule has 0 aliphatic carbocycles. The summed E-state index contributed by atoms with van der Waals surface area (Å²) in [5.41, 5.74) is 5.49. The van der Waals surface area contributed by atoms with Crippen LogP contribution in [0.2, 0.25) is 0 Å². The first-order chi connectivity index (χ1) is 13.5. The molecule has 160 valence electrons. The molecule has 7 heteroatoms. The minimum Gasteiger partial charge on any atom is -0.463 e. The van der Waals surface area contributed by atoms with Gasteiger partial charge in [0.15, 0.2) is 6.29 Å². The largest absolute Gasteiger partial charge is 0.463 e. The molecule has 27 heavy (non-hydrogen) atoms. The summed E-state index contributed by atoms with van der Waals surface area (Å²) in [5, 5.41) is 29.1. The van der Waals surface area contributed by atoms with Crippen LogP contribution >= 0.6 is 0 Å². The van der Waals surface area contributed by atoms with Gasteiger partial charge in [0.2, 0.25) is 0 Å². The Morgan fingerprint density at radius 1 is 0.963 bits per heavy atom. The van der Waals surface area contributed by atoms with Crippen LogP contribution < -0.4 is 5.73 Å². The van der Waals surface area contributed by atoms with E-state index in [1.807, 2.05) is 0 Å². The average molecular weight is 391 g/mol. The number of hydrogen-bond acceptors (Lipinski definition) is 7. The highest BCUT2D eigenvalue weighted by atomic mass is 16.6. The number of ether oxygens (including phenoxy) is 2. The topological polar surface area (TPSA) is 122 Å². The Hall–Kier alpha value is -0.730. The summed E-state index contributed by atoms with van der Waals surface area (Å²) >= 11 is 0. The molecule has 1 unspecified atom stereocenters. The fourth-order valence-electron chi connectivity index (χ4n) is 3.21. The van der Waals surface area contributed by atoms with Crippen LogP contribution in [0.15, 0.2) is 0 Å². The molecule has 7 nitrogen and oxygen atoms in total. The maximum absolute atomic E-state index is 11.8. The molecule has 1 aliphatic heterocycles. The van der Waals surface area contributed by atoms with Crippen molar-refractivity contribution in [1.82, 2.24) is 0 Å². The molecule has 0 aromatic rings. The first kappa shape index (κ1) is 22.6. The highest BCUT2D eigenvalue weighted by Gasteiger charge is 2.42. The maximum atomic E-state index is 11.8. The van der Waals surface area contributed by atoms with Crippen LogP contribution in [0, 0.1) is 0 Å². The van der Waals surface area contributed by atoms with Gasteiger partial charge in [-0.3, -0.25) is 4.79 Å². The number of nitrogens with two attached hydrogens (primary N) is 1. The number of esters is 1. The van der Waals surface area contributed by atoms with Gasteiger partial charge < -0.3 is 30.5 Å². The Morgan fingerprint density at radius 2 is 1.52 bits per heavy atom. The lowest BCUT2D eigenvalue weighted by Gasteiger charge is -2.38. The molecule has 0 bridgehead atoms. The highest BCUT2D eigenvalue weighted by molar-refractivity contribution is 5.69. The monoisotopic (exact) mass is 390 g/mol. The number of carbonyl (C=O) groups excluding carboxylic acids is 1. The molecule has 1 rings (SSSR count). The third-order valence-corrected chi connectivity index (χ3v) is 5.06. The summed E-state index contributed by atoms with van der Waals surface area (Å²) in [6, 6.07) is -1.09. The molecule has 0 aromatic heterocycles. The fourth-order valence-corrected chi connectivity index (χ4v) is 3.21. The van der Waals surface area contributed by atoms with E-state index < -0.39 is 30.6 Å². The second kappa shape index (κ2) is 14.3. The predicted octanol–water partition coefficient (Wildman–Crippen LogP) is 2.00. The van der Waals surface area contributed by atoms with Crippen LogP contribution in [0.4, 0.5) is 0 Å². The van der Waals surface area contributed by atoms with Crippen molar-refractivity contribution in [3.63, 3.8) is 0 Å². The van der Waals surface area contributed by atoms with Crippen molar-refractivity contribution in [3.8, 4) is 0 Å². The molecule has 0 saturated carbocycles. The minimum atomic E-state index is -1.40. The van der Waals surface area contributed by atoms with Crippen LogP contribution in [-0.4, -0.2) is 58.5 Å². The van der Waals surface area contributed by atoms with Gasteiger partial charge in [-0.15, -0.1) is 0 Å². The van der Waals surface area contributed by atoms with Gasteiger partial charge in [0.25, 0.3) is 0 Å². The Morgan fingerprint density at radius 3 is 2.11 bits per heavy atom. The summed E-state index contributed by atoms with van der Waals surface area (Å²) in [7, 11) is 0. The molecular formula is C20H39NO6. The smallest absolute Gasteiger partial charge is 0.305 e. The molecule has 1 fully saturated rings. The molecule has 1 heterocycles. The Balaban J connectivity index is 1.96. The third-order valence-electron chi connectivity index (χ3n) is 5.06. The molecule has 1 saturated heterocycles. The van der Waals surface area contributed by atoms with Crippen molar-refractivity contribution in [2.75, 3.05) is 6.61 Å². The summed E-state index contributed by atoms with van der Waals surface area (Å²) in [6.07, 6.45) is 7.80. The van der Waals surface area contributed by atoms with Crippen molar-refractivity contribution in [3.05, 3.63) is 0 Å². The molecule has 1 aliphatic rings. The number of aliphatic hydroxyl groups excluding tert-OH is 3. The van der Waals surface area contributed by atoms with E-state index in [4.69, 9.17) is 16.6 Å². The van der Waals surface area contributed by atoms with Gasteiger partial charge in [-0.05, 0) is 6.42 Å². The zero-order valence-corrected chi connectivity index (χ0v) is 16.4. The summed E-state index contributed by atoms with van der Waals surface area (Å²) in [5.74, 6) is -0.373. The number of aliphatic hydroxyl groups is 3. The van der Waals surface area contributed by atoms with Gasteiger partial charge in [-0.1, -0.05) is 71.1 Å². The Labute approximate surface area is 164 Å². The second-order valence-electron chi connectivity index (χ2n) is 7.45. The average Bonchev–Trinajstić information content (AvgIpc) is 2.69. The summed E-state index contributed by atoms with van der Waals surface area (Å²) < 4.78 is 17.3. The van der Waals surface area contributed by atoms with E-state index in [2.05, 4.69) is 0 Å². The standard InChI is InChI=1S/C20H39NO6/c1-2-3-4-5-6-7-8-9-10-11-12-13-16(22)26-14-15-18(23)19(24)17(21)20(25)27-15/h15,17-20,23-25H,2-14,21H2,1H3/t15-,17-,18-,19-,20?/m1/s1/i1D. The number of rotatable bonds is 14. The van der Waals surface area contributed by atoms with E-state index in [1.54, 1.807) is 0 Å². The lowest BCUT2D eigenvalue weighted by atomic mass is 9.98. The van der Waals surface area contributed by atoms with E-state index in [0.29, 0.717) is 13.3 Å². The summed E-state index contributed by atoms with van der Waals surface area (Å²) in [6.45, 7) is 0.327. The normalized spacial score (nSPS) is 28.7. The first-order valence-electron chi connectivity index (χ1n) is 11.1. The lowest BCUT2D eigenvalue weighted by Crippen LogP contribution is -2.62. The van der Waals surface area contributed by atoms with E-state index in [-0.39, 0.29) is 12.6 Å². The lowest BCUT2D eigenvalue weighted by molar-refractivity contribution is -0.251. The van der Waals surface area contributed by atoms with Gasteiger partial charge in [0.05, 0.1) is 6.04 Å². The molecule has 5 N–H and O–H groups in total. The SMILES string of the molecule is [2H]CCCCCCCCCCCCCC(=O)OC[C@H]1OC(O)[C@H](N)[C@@H](O)[C@@H]1O. The van der Waals surface area contributed by atoms with Gasteiger partial charge in [-0.2, -0.15) is 0 Å². The molecule has 5 atom stereocenters. The van der Waals surface area contributed by atoms with Crippen molar-refractivity contribution in [2.24, 2.45) is 5.73 Å². The predicted molar refractivity (Wildman–Crippen MR) is 103 cm³/mol. The maximum Gasteiger partial charge on any atom is 0.305 e. The van der Waals surface area contributed by atoms with Crippen LogP contribution in [0.3, 0.4) is 0 Å².